The molecule has 0 aliphatic carbocycles. The first-order valence-electron chi connectivity index (χ1n) is 6.68. The second kappa shape index (κ2) is 8.12. The van der Waals surface area contributed by atoms with Crippen molar-refractivity contribution in [1.29, 1.82) is 0 Å². The number of ether oxygens (including phenoxy) is 2. The van der Waals surface area contributed by atoms with E-state index in [9.17, 15) is 9.59 Å². The van der Waals surface area contributed by atoms with Crippen LogP contribution < -0.4 is 5.32 Å². The Morgan fingerprint density at radius 1 is 1.47 bits per heavy atom. The van der Waals surface area contributed by atoms with Crippen LogP contribution in [-0.4, -0.2) is 62.8 Å². The fraction of sp³-hybridized carbons (Fsp3) is 0.846. The Labute approximate surface area is 114 Å². The van der Waals surface area contributed by atoms with Crippen molar-refractivity contribution < 1.29 is 19.1 Å². The third-order valence-electron chi connectivity index (χ3n) is 3.15. The summed E-state index contributed by atoms with van der Waals surface area (Å²) < 4.78 is 10.3. The van der Waals surface area contributed by atoms with Gasteiger partial charge in [0.2, 0.25) is 5.91 Å². The molecule has 6 nitrogen and oxygen atoms in total. The van der Waals surface area contributed by atoms with Crippen LogP contribution in [0.1, 0.15) is 26.2 Å². The predicted molar refractivity (Wildman–Crippen MR) is 70.7 cm³/mol. The monoisotopic (exact) mass is 272 g/mol. The summed E-state index contributed by atoms with van der Waals surface area (Å²) >= 11 is 0. The molecule has 1 fully saturated rings. The number of nitrogens with zero attached hydrogens (tertiary/aromatic N) is 1. The number of hydrogen-bond acceptors (Lipinski definition) is 5. The Kier molecular flexibility index (Phi) is 6.80. The number of methoxy groups -OCH3 is 1. The summed E-state index contributed by atoms with van der Waals surface area (Å²) in [6, 6.07) is -0.629. The highest BCUT2D eigenvalue weighted by Gasteiger charge is 2.23. The van der Waals surface area contributed by atoms with Crippen LogP contribution in [0, 0.1) is 0 Å². The second-order valence-corrected chi connectivity index (χ2v) is 4.99. The highest BCUT2D eigenvalue weighted by molar-refractivity contribution is 5.83. The van der Waals surface area contributed by atoms with Crippen LogP contribution in [0.2, 0.25) is 0 Å². The van der Waals surface area contributed by atoms with Gasteiger partial charge in [0.15, 0.2) is 0 Å². The zero-order valence-corrected chi connectivity index (χ0v) is 12.0. The van der Waals surface area contributed by atoms with E-state index >= 15 is 0 Å². The molecule has 1 aliphatic heterocycles. The first-order chi connectivity index (χ1) is 9.02. The molecule has 0 radical (unpaired) electrons. The molecule has 1 rings (SSSR count). The standard InChI is InChI=1S/C13H24N2O4/c1-10(16)14-12(13(17)18-3)9-15(2)8-11-6-4-5-7-19-11/h11-12H,4-9H2,1-3H3,(H,14,16). The van der Waals surface area contributed by atoms with Gasteiger partial charge >= 0.3 is 5.97 Å². The molecular formula is C13H24N2O4. The molecule has 2 atom stereocenters. The molecule has 0 saturated carbocycles. The van der Waals surface area contributed by atoms with Crippen LogP contribution in [0.15, 0.2) is 0 Å². The topological polar surface area (TPSA) is 67.9 Å². The van der Waals surface area contributed by atoms with Crippen molar-refractivity contribution in [2.75, 3.05) is 33.9 Å². The predicted octanol–water partition coefficient (Wildman–Crippen LogP) is 0.165. The third kappa shape index (κ3) is 6.02. The molecule has 110 valence electrons. The molecule has 0 spiro atoms. The highest BCUT2D eigenvalue weighted by Crippen LogP contribution is 2.13. The molecule has 2 unspecified atom stereocenters. The highest BCUT2D eigenvalue weighted by atomic mass is 16.5. The number of hydrogen-bond donors (Lipinski definition) is 1. The van der Waals surface area contributed by atoms with Crippen LogP contribution in [0.3, 0.4) is 0 Å². The van der Waals surface area contributed by atoms with E-state index < -0.39 is 12.0 Å². The molecule has 6 heteroatoms. The fourth-order valence-corrected chi connectivity index (χ4v) is 2.25. The molecule has 0 aromatic heterocycles. The maximum absolute atomic E-state index is 11.6. The lowest BCUT2D eigenvalue weighted by molar-refractivity contribution is -0.145. The second-order valence-electron chi connectivity index (χ2n) is 4.99. The first kappa shape index (κ1) is 15.9. The van der Waals surface area contributed by atoms with Crippen LogP contribution >= 0.6 is 0 Å². The van der Waals surface area contributed by atoms with Crippen molar-refractivity contribution in [3.8, 4) is 0 Å². The molecule has 1 amide bonds. The molecule has 1 N–H and O–H groups in total. The van der Waals surface area contributed by atoms with E-state index in [1.807, 2.05) is 11.9 Å². The SMILES string of the molecule is COC(=O)C(CN(C)CC1CCCCO1)NC(C)=O. The Morgan fingerprint density at radius 2 is 2.21 bits per heavy atom. The number of amides is 1. The zero-order chi connectivity index (χ0) is 14.3. The van der Waals surface area contributed by atoms with Gasteiger partial charge in [0.05, 0.1) is 13.2 Å². The number of likely N-dealkylation sites (N-methyl/N-ethyl adjacent to an activating group) is 1. The summed E-state index contributed by atoms with van der Waals surface area (Å²) in [7, 11) is 3.23. The summed E-state index contributed by atoms with van der Waals surface area (Å²) in [6.07, 6.45) is 3.57. The minimum Gasteiger partial charge on any atom is -0.467 e. The molecular weight excluding hydrogens is 248 g/mol. The number of nitrogens with one attached hydrogen (secondary N) is 1. The van der Waals surface area contributed by atoms with Gasteiger partial charge in [0.1, 0.15) is 6.04 Å². The number of carbonyl (C=O) groups excluding carboxylic acids is 2. The third-order valence-corrected chi connectivity index (χ3v) is 3.15. The quantitative estimate of drug-likeness (QED) is 0.698. The fourth-order valence-electron chi connectivity index (χ4n) is 2.25. The summed E-state index contributed by atoms with van der Waals surface area (Å²) in [5.74, 6) is -0.663. The Morgan fingerprint density at radius 3 is 2.74 bits per heavy atom. The van der Waals surface area contributed by atoms with Crippen LogP contribution in [-0.2, 0) is 19.1 Å². The summed E-state index contributed by atoms with van der Waals surface area (Å²) in [5.41, 5.74) is 0. The van der Waals surface area contributed by atoms with Crippen molar-refractivity contribution in [3.63, 3.8) is 0 Å². The summed E-state index contributed by atoms with van der Waals surface area (Å²) in [4.78, 5) is 24.7. The largest absolute Gasteiger partial charge is 0.467 e. The van der Waals surface area contributed by atoms with Gasteiger partial charge in [-0.1, -0.05) is 0 Å². The molecule has 0 aromatic rings. The minimum atomic E-state index is -0.629. The van der Waals surface area contributed by atoms with Gasteiger partial charge < -0.3 is 19.7 Å². The summed E-state index contributed by atoms with van der Waals surface area (Å²) in [5, 5.41) is 2.60. The van der Waals surface area contributed by atoms with Crippen molar-refractivity contribution in [3.05, 3.63) is 0 Å². The molecule has 1 saturated heterocycles. The number of carbonyl (C=O) groups is 2. The van der Waals surface area contributed by atoms with Gasteiger partial charge in [-0.2, -0.15) is 0 Å². The Hall–Kier alpha value is -1.14. The molecule has 1 heterocycles. The zero-order valence-electron chi connectivity index (χ0n) is 12.0. The molecule has 0 bridgehead atoms. The van der Waals surface area contributed by atoms with Gasteiger partial charge in [0, 0.05) is 26.6 Å². The minimum absolute atomic E-state index is 0.217. The van der Waals surface area contributed by atoms with Crippen LogP contribution in [0.5, 0.6) is 0 Å². The van der Waals surface area contributed by atoms with E-state index in [1.165, 1.54) is 20.5 Å². The number of rotatable bonds is 6. The van der Waals surface area contributed by atoms with Crippen molar-refractivity contribution in [2.45, 2.75) is 38.3 Å². The van der Waals surface area contributed by atoms with Gasteiger partial charge in [-0.05, 0) is 26.3 Å². The lowest BCUT2D eigenvalue weighted by Gasteiger charge is -2.29. The van der Waals surface area contributed by atoms with Crippen molar-refractivity contribution in [1.82, 2.24) is 10.2 Å². The van der Waals surface area contributed by atoms with E-state index in [2.05, 4.69) is 5.32 Å². The normalized spacial score (nSPS) is 20.9. The van der Waals surface area contributed by atoms with E-state index in [0.717, 1.165) is 26.0 Å². The van der Waals surface area contributed by atoms with E-state index in [4.69, 9.17) is 9.47 Å². The van der Waals surface area contributed by atoms with Crippen molar-refractivity contribution in [2.24, 2.45) is 0 Å². The maximum atomic E-state index is 11.6. The lowest BCUT2D eigenvalue weighted by Crippen LogP contribution is -2.49. The lowest BCUT2D eigenvalue weighted by atomic mass is 10.1. The smallest absolute Gasteiger partial charge is 0.329 e. The van der Waals surface area contributed by atoms with Gasteiger partial charge in [-0.25, -0.2) is 4.79 Å². The molecule has 0 aromatic carbocycles. The van der Waals surface area contributed by atoms with Gasteiger partial charge in [-0.15, -0.1) is 0 Å². The van der Waals surface area contributed by atoms with E-state index in [0.29, 0.717) is 6.54 Å². The van der Waals surface area contributed by atoms with Crippen LogP contribution in [0.25, 0.3) is 0 Å². The first-order valence-corrected chi connectivity index (χ1v) is 6.68. The van der Waals surface area contributed by atoms with Crippen molar-refractivity contribution >= 4 is 11.9 Å². The van der Waals surface area contributed by atoms with Gasteiger partial charge in [0.25, 0.3) is 0 Å². The number of esters is 1. The van der Waals surface area contributed by atoms with Crippen LogP contribution in [0.4, 0.5) is 0 Å². The molecule has 1 aliphatic rings. The van der Waals surface area contributed by atoms with E-state index in [1.54, 1.807) is 0 Å². The molecule has 19 heavy (non-hydrogen) atoms. The summed E-state index contributed by atoms with van der Waals surface area (Å²) in [6.45, 7) is 3.38. The Balaban J connectivity index is 2.42. The van der Waals surface area contributed by atoms with E-state index in [-0.39, 0.29) is 12.0 Å². The maximum Gasteiger partial charge on any atom is 0.329 e. The average Bonchev–Trinajstić information content (AvgIpc) is 2.37. The average molecular weight is 272 g/mol. The Bertz CT molecular complexity index is 303. The van der Waals surface area contributed by atoms with Gasteiger partial charge in [-0.3, -0.25) is 4.79 Å².